The summed E-state index contributed by atoms with van der Waals surface area (Å²) in [7, 11) is 0. The lowest BCUT2D eigenvalue weighted by atomic mass is 10.0. The molecule has 1 aromatic carbocycles. The van der Waals surface area contributed by atoms with Crippen LogP contribution < -0.4 is 10.6 Å². The zero-order chi connectivity index (χ0) is 15.0. The number of carboxylic acids is 1. The Morgan fingerprint density at radius 3 is 2.67 bits per heavy atom. The molecule has 0 unspecified atom stereocenters. The van der Waals surface area contributed by atoms with Crippen molar-refractivity contribution < 1.29 is 9.90 Å². The fraction of sp³-hybridized carbons (Fsp3) is 0.375. The molecule has 5 heteroatoms. The quantitative estimate of drug-likeness (QED) is 0.829. The third-order valence-corrected chi connectivity index (χ3v) is 4.13. The minimum atomic E-state index is -1.00. The molecule has 1 aliphatic rings. The van der Waals surface area contributed by atoms with Gasteiger partial charge in [0.05, 0.1) is 16.9 Å². The smallest absolute Gasteiger partial charge is 0.354 e. The largest absolute Gasteiger partial charge is 0.477 e. The summed E-state index contributed by atoms with van der Waals surface area (Å²) in [5.41, 5.74) is 8.90. The normalized spacial score (nSPS) is 15.4. The molecule has 0 bridgehead atoms. The van der Waals surface area contributed by atoms with E-state index in [1.54, 1.807) is 6.07 Å². The van der Waals surface area contributed by atoms with E-state index >= 15 is 0 Å². The molecule has 0 atom stereocenters. The van der Waals surface area contributed by atoms with Crippen LogP contribution in [-0.4, -0.2) is 29.1 Å². The topological polar surface area (TPSA) is 79.4 Å². The van der Waals surface area contributed by atoms with E-state index in [1.807, 2.05) is 19.1 Å². The van der Waals surface area contributed by atoms with Gasteiger partial charge in [-0.3, -0.25) is 0 Å². The number of hydrogen-bond acceptors (Lipinski definition) is 4. The molecule has 0 radical (unpaired) electrons. The molecule has 0 aliphatic carbocycles. The van der Waals surface area contributed by atoms with Crippen molar-refractivity contribution >= 4 is 28.2 Å². The highest BCUT2D eigenvalue weighted by molar-refractivity contribution is 6.03. The lowest BCUT2D eigenvalue weighted by molar-refractivity contribution is 0.0690. The Morgan fingerprint density at radius 2 is 2.00 bits per heavy atom. The van der Waals surface area contributed by atoms with Gasteiger partial charge < -0.3 is 15.7 Å². The Kier molecular flexibility index (Phi) is 3.41. The molecular formula is C16H19N3O2. The van der Waals surface area contributed by atoms with Gasteiger partial charge >= 0.3 is 5.97 Å². The van der Waals surface area contributed by atoms with Crippen LogP contribution in [0.15, 0.2) is 18.2 Å². The maximum absolute atomic E-state index is 11.5. The van der Waals surface area contributed by atoms with Crippen LogP contribution in [0, 0.1) is 6.92 Å². The molecule has 5 nitrogen and oxygen atoms in total. The molecule has 0 spiro atoms. The first-order chi connectivity index (χ1) is 10.1. The number of fused-ring (bicyclic) bond motifs is 1. The molecule has 1 fully saturated rings. The summed E-state index contributed by atoms with van der Waals surface area (Å²) in [4.78, 5) is 18.0. The molecule has 3 N–H and O–H groups in total. The first kappa shape index (κ1) is 13.7. The lowest BCUT2D eigenvalue weighted by Gasteiger charge is -2.31. The predicted octanol–water partition coefficient (Wildman–Crippen LogP) is 2.81. The maximum Gasteiger partial charge on any atom is 0.354 e. The van der Waals surface area contributed by atoms with Crippen LogP contribution in [0.2, 0.25) is 0 Å². The van der Waals surface area contributed by atoms with Gasteiger partial charge in [0.25, 0.3) is 0 Å². The Hall–Kier alpha value is -2.30. The van der Waals surface area contributed by atoms with Crippen molar-refractivity contribution in [1.82, 2.24) is 4.98 Å². The summed E-state index contributed by atoms with van der Waals surface area (Å²) in [6, 6.07) is 5.63. The van der Waals surface area contributed by atoms with Crippen molar-refractivity contribution in [3.8, 4) is 0 Å². The third kappa shape index (κ3) is 2.28. The summed E-state index contributed by atoms with van der Waals surface area (Å²) in [6.45, 7) is 3.74. The second kappa shape index (κ2) is 5.24. The van der Waals surface area contributed by atoms with Crippen LogP contribution in [0.1, 0.15) is 35.3 Å². The van der Waals surface area contributed by atoms with E-state index in [0.717, 1.165) is 42.6 Å². The van der Waals surface area contributed by atoms with Crippen LogP contribution >= 0.6 is 0 Å². The van der Waals surface area contributed by atoms with Crippen LogP contribution in [-0.2, 0) is 0 Å². The number of nitrogen functional groups attached to an aromatic ring is 1. The lowest BCUT2D eigenvalue weighted by Crippen LogP contribution is -2.30. The van der Waals surface area contributed by atoms with E-state index in [9.17, 15) is 9.90 Å². The minimum Gasteiger partial charge on any atom is -0.477 e. The SMILES string of the molecule is Cc1c(C(=O)O)nc2c(N)cccc2c1N1CCCCC1. The van der Waals surface area contributed by atoms with Crippen molar-refractivity contribution in [2.24, 2.45) is 0 Å². The van der Waals surface area contributed by atoms with Gasteiger partial charge in [-0.15, -0.1) is 0 Å². The fourth-order valence-electron chi connectivity index (χ4n) is 3.12. The number of nitrogens with two attached hydrogens (primary N) is 1. The fourth-order valence-corrected chi connectivity index (χ4v) is 3.12. The molecular weight excluding hydrogens is 266 g/mol. The summed E-state index contributed by atoms with van der Waals surface area (Å²) in [5, 5.41) is 10.4. The van der Waals surface area contributed by atoms with E-state index < -0.39 is 5.97 Å². The van der Waals surface area contributed by atoms with E-state index in [-0.39, 0.29) is 5.69 Å². The van der Waals surface area contributed by atoms with Crippen LogP contribution in [0.5, 0.6) is 0 Å². The van der Waals surface area contributed by atoms with Gasteiger partial charge in [-0.05, 0) is 32.3 Å². The van der Waals surface area contributed by atoms with Gasteiger partial charge in [-0.2, -0.15) is 0 Å². The Labute approximate surface area is 123 Å². The number of anilines is 2. The van der Waals surface area contributed by atoms with Gasteiger partial charge in [0.1, 0.15) is 0 Å². The second-order valence-electron chi connectivity index (χ2n) is 5.53. The number of carbonyl (C=O) groups is 1. The van der Waals surface area contributed by atoms with Gasteiger partial charge in [0, 0.05) is 24.0 Å². The Balaban J connectivity index is 2.31. The summed E-state index contributed by atoms with van der Waals surface area (Å²) >= 11 is 0. The first-order valence-corrected chi connectivity index (χ1v) is 7.26. The van der Waals surface area contributed by atoms with Crippen LogP contribution in [0.25, 0.3) is 10.9 Å². The van der Waals surface area contributed by atoms with Crippen molar-refractivity contribution in [3.05, 3.63) is 29.5 Å². The number of rotatable bonds is 2. The van der Waals surface area contributed by atoms with Crippen LogP contribution in [0.3, 0.4) is 0 Å². The summed E-state index contributed by atoms with van der Waals surface area (Å²) in [5.74, 6) is -1.00. The van der Waals surface area contributed by atoms with Crippen LogP contribution in [0.4, 0.5) is 11.4 Å². The molecule has 3 rings (SSSR count). The predicted molar refractivity (Wildman–Crippen MR) is 83.9 cm³/mol. The number of benzene rings is 1. The highest BCUT2D eigenvalue weighted by Crippen LogP contribution is 2.35. The second-order valence-corrected chi connectivity index (χ2v) is 5.53. The molecule has 2 heterocycles. The number of hydrogen-bond donors (Lipinski definition) is 2. The highest BCUT2D eigenvalue weighted by Gasteiger charge is 2.22. The van der Waals surface area contributed by atoms with Gasteiger partial charge in [-0.25, -0.2) is 9.78 Å². The standard InChI is InChI=1S/C16H19N3O2/c1-10-13(16(20)21)18-14-11(6-5-7-12(14)17)15(10)19-8-3-2-4-9-19/h5-7H,2-4,8-9,17H2,1H3,(H,20,21). The molecule has 21 heavy (non-hydrogen) atoms. The van der Waals surface area contributed by atoms with E-state index in [2.05, 4.69) is 9.88 Å². The van der Waals surface area contributed by atoms with Crippen molar-refractivity contribution in [2.75, 3.05) is 23.7 Å². The number of aromatic nitrogens is 1. The number of carboxylic acid groups (broad SMARTS) is 1. The molecule has 1 aliphatic heterocycles. The van der Waals surface area contributed by atoms with Crippen molar-refractivity contribution in [2.45, 2.75) is 26.2 Å². The molecule has 1 saturated heterocycles. The molecule has 0 saturated carbocycles. The molecule has 2 aromatic rings. The van der Waals surface area contributed by atoms with Gasteiger partial charge in [0.15, 0.2) is 5.69 Å². The summed E-state index contributed by atoms with van der Waals surface area (Å²) < 4.78 is 0. The average molecular weight is 285 g/mol. The van der Waals surface area contributed by atoms with E-state index in [0.29, 0.717) is 11.2 Å². The monoisotopic (exact) mass is 285 g/mol. The highest BCUT2D eigenvalue weighted by atomic mass is 16.4. The van der Waals surface area contributed by atoms with Crippen molar-refractivity contribution in [3.63, 3.8) is 0 Å². The first-order valence-electron chi connectivity index (χ1n) is 7.26. The number of piperidine rings is 1. The van der Waals surface area contributed by atoms with Gasteiger partial charge in [0.2, 0.25) is 0 Å². The Bertz CT molecular complexity index is 706. The van der Waals surface area contributed by atoms with Gasteiger partial charge in [-0.1, -0.05) is 12.1 Å². The maximum atomic E-state index is 11.5. The van der Waals surface area contributed by atoms with Crippen molar-refractivity contribution in [1.29, 1.82) is 0 Å². The number of pyridine rings is 1. The molecule has 1 aromatic heterocycles. The third-order valence-electron chi connectivity index (χ3n) is 4.13. The zero-order valence-corrected chi connectivity index (χ0v) is 12.1. The zero-order valence-electron chi connectivity index (χ0n) is 12.1. The summed E-state index contributed by atoms with van der Waals surface area (Å²) in [6.07, 6.45) is 3.49. The number of para-hydroxylation sites is 1. The minimum absolute atomic E-state index is 0.0981. The Morgan fingerprint density at radius 1 is 1.29 bits per heavy atom. The molecule has 110 valence electrons. The van der Waals surface area contributed by atoms with E-state index in [4.69, 9.17) is 5.73 Å². The van der Waals surface area contributed by atoms with E-state index in [1.165, 1.54) is 6.42 Å². The number of nitrogens with zero attached hydrogens (tertiary/aromatic N) is 2. The average Bonchev–Trinajstić information content (AvgIpc) is 2.47. The number of aromatic carboxylic acids is 1. The molecule has 0 amide bonds.